The molecule has 1 aliphatic rings. The van der Waals surface area contributed by atoms with Crippen molar-refractivity contribution in [3.8, 4) is 0 Å². The molecule has 1 atom stereocenters. The van der Waals surface area contributed by atoms with Gasteiger partial charge in [-0.15, -0.1) is 24.0 Å². The Bertz CT molecular complexity index is 645. The first kappa shape index (κ1) is 23.7. The maximum Gasteiger partial charge on any atom is 0.217 e. The van der Waals surface area contributed by atoms with E-state index in [1.165, 1.54) is 11.1 Å². The van der Waals surface area contributed by atoms with Gasteiger partial charge in [0.1, 0.15) is 0 Å². The summed E-state index contributed by atoms with van der Waals surface area (Å²) in [5, 5.41) is 3.42. The summed E-state index contributed by atoms with van der Waals surface area (Å²) in [5.74, 6) is 1.07. The van der Waals surface area contributed by atoms with Gasteiger partial charge in [0.15, 0.2) is 5.96 Å². The van der Waals surface area contributed by atoms with Crippen molar-refractivity contribution >= 4 is 35.8 Å². The maximum atomic E-state index is 11.3. The molecule has 0 aliphatic carbocycles. The summed E-state index contributed by atoms with van der Waals surface area (Å²) in [6.07, 6.45) is 2.60. The second kappa shape index (κ2) is 10.9. The molecule has 0 spiro atoms. The van der Waals surface area contributed by atoms with Crippen molar-refractivity contribution in [3.63, 3.8) is 0 Å². The summed E-state index contributed by atoms with van der Waals surface area (Å²) in [6.45, 7) is 12.1. The smallest absolute Gasteiger partial charge is 0.217 e. The van der Waals surface area contributed by atoms with E-state index < -0.39 is 0 Å². The molecule has 1 aromatic rings. The minimum absolute atomic E-state index is 0. The number of amides is 1. The topological polar surface area (TPSA) is 70.7 Å². The summed E-state index contributed by atoms with van der Waals surface area (Å²) in [6, 6.07) is 8.53. The number of aliphatic imine (C=N–C) groups is 1. The van der Waals surface area contributed by atoms with Crippen LogP contribution in [0.25, 0.3) is 0 Å². The lowest BCUT2D eigenvalue weighted by molar-refractivity contribution is -0.119. The number of hydrogen-bond donors (Lipinski definition) is 2. The first-order chi connectivity index (χ1) is 12.3. The van der Waals surface area contributed by atoms with E-state index in [1.54, 1.807) is 0 Å². The number of carbonyl (C=O) groups is 1. The molecule has 2 rings (SSSR count). The van der Waals surface area contributed by atoms with Crippen LogP contribution in [0.2, 0.25) is 0 Å². The Hall–Kier alpha value is -1.31. The summed E-state index contributed by atoms with van der Waals surface area (Å²) in [4.78, 5) is 18.5. The molecule has 3 N–H and O–H groups in total. The van der Waals surface area contributed by atoms with Gasteiger partial charge in [0.25, 0.3) is 0 Å². The zero-order chi connectivity index (χ0) is 19.2. The van der Waals surface area contributed by atoms with Crippen LogP contribution in [0.1, 0.15) is 51.2 Å². The third-order valence-electron chi connectivity index (χ3n) is 5.14. The number of carbonyl (C=O) groups excluding carboxylic acids is 1. The fourth-order valence-corrected chi connectivity index (χ4v) is 3.82. The monoisotopic (exact) mass is 486 g/mol. The number of nitrogens with two attached hydrogens (primary N) is 1. The highest BCUT2D eigenvalue weighted by Crippen LogP contribution is 2.27. The van der Waals surface area contributed by atoms with Crippen molar-refractivity contribution in [3.05, 3.63) is 35.4 Å². The van der Waals surface area contributed by atoms with E-state index >= 15 is 0 Å². The molecule has 5 nitrogen and oxygen atoms in total. The molecule has 152 valence electrons. The van der Waals surface area contributed by atoms with Crippen molar-refractivity contribution in [2.75, 3.05) is 26.2 Å². The number of likely N-dealkylation sites (tertiary alicyclic amines) is 1. The Balaban J connectivity index is 0.00000364. The zero-order valence-electron chi connectivity index (χ0n) is 17.1. The van der Waals surface area contributed by atoms with E-state index in [4.69, 9.17) is 10.7 Å². The summed E-state index contributed by atoms with van der Waals surface area (Å²) < 4.78 is 0. The lowest BCUT2D eigenvalue weighted by Gasteiger charge is -2.35. The number of primary amides is 1. The minimum atomic E-state index is -0.209. The van der Waals surface area contributed by atoms with Gasteiger partial charge in [-0.2, -0.15) is 0 Å². The van der Waals surface area contributed by atoms with Crippen molar-refractivity contribution in [1.29, 1.82) is 0 Å². The molecule has 0 radical (unpaired) electrons. The number of hydrogen-bond acceptors (Lipinski definition) is 2. The van der Waals surface area contributed by atoms with Crippen LogP contribution in [0.4, 0.5) is 0 Å². The quantitative estimate of drug-likeness (QED) is 0.368. The molecule has 27 heavy (non-hydrogen) atoms. The van der Waals surface area contributed by atoms with Gasteiger partial charge in [0.05, 0.1) is 6.54 Å². The normalized spacial score (nSPS) is 18.0. The largest absolute Gasteiger partial charge is 0.370 e. The van der Waals surface area contributed by atoms with Gasteiger partial charge >= 0.3 is 0 Å². The molecule has 6 heteroatoms. The first-order valence-corrected chi connectivity index (χ1v) is 9.71. The molecule has 1 fully saturated rings. The molecule has 0 aromatic heterocycles. The van der Waals surface area contributed by atoms with Crippen LogP contribution in [0.3, 0.4) is 0 Å². The SMILES string of the molecule is CCNC(=NCC(C)(C)c1ccccc1C)N1CCCC(CC(N)=O)C1.I. The van der Waals surface area contributed by atoms with E-state index in [2.05, 4.69) is 62.2 Å². The highest BCUT2D eigenvalue weighted by atomic mass is 127. The molecular formula is C21H35IN4O. The van der Waals surface area contributed by atoms with E-state index in [1.807, 2.05) is 0 Å². The number of piperidine rings is 1. The number of guanidine groups is 1. The average molecular weight is 486 g/mol. The summed E-state index contributed by atoms with van der Waals surface area (Å²) in [5.41, 5.74) is 8.00. The maximum absolute atomic E-state index is 11.3. The Labute approximate surface area is 181 Å². The second-order valence-corrected chi connectivity index (χ2v) is 7.99. The van der Waals surface area contributed by atoms with Gasteiger partial charge in [-0.1, -0.05) is 38.1 Å². The van der Waals surface area contributed by atoms with Crippen molar-refractivity contribution in [1.82, 2.24) is 10.2 Å². The van der Waals surface area contributed by atoms with Crippen LogP contribution in [0.15, 0.2) is 29.3 Å². The molecule has 0 saturated carbocycles. The molecule has 1 unspecified atom stereocenters. The van der Waals surface area contributed by atoms with E-state index in [-0.39, 0.29) is 35.3 Å². The van der Waals surface area contributed by atoms with E-state index in [0.29, 0.717) is 12.3 Å². The highest BCUT2D eigenvalue weighted by molar-refractivity contribution is 14.0. The van der Waals surface area contributed by atoms with Gasteiger partial charge < -0.3 is 16.0 Å². The minimum Gasteiger partial charge on any atom is -0.370 e. The molecule has 1 saturated heterocycles. The van der Waals surface area contributed by atoms with Gasteiger partial charge in [-0.05, 0) is 43.7 Å². The molecule has 1 amide bonds. The Morgan fingerprint density at radius 2 is 2.07 bits per heavy atom. The second-order valence-electron chi connectivity index (χ2n) is 7.99. The number of nitrogens with one attached hydrogen (secondary N) is 1. The van der Waals surface area contributed by atoms with Gasteiger partial charge in [0.2, 0.25) is 5.91 Å². The van der Waals surface area contributed by atoms with Crippen LogP contribution in [0, 0.1) is 12.8 Å². The van der Waals surface area contributed by atoms with Crippen molar-refractivity contribution in [2.24, 2.45) is 16.6 Å². The summed E-state index contributed by atoms with van der Waals surface area (Å²) in [7, 11) is 0. The van der Waals surface area contributed by atoms with Crippen LogP contribution in [-0.2, 0) is 10.2 Å². The number of benzene rings is 1. The number of aryl methyl sites for hydroxylation is 1. The molecular weight excluding hydrogens is 451 g/mol. The summed E-state index contributed by atoms with van der Waals surface area (Å²) >= 11 is 0. The third-order valence-corrected chi connectivity index (χ3v) is 5.14. The van der Waals surface area contributed by atoms with Crippen LogP contribution >= 0.6 is 24.0 Å². The van der Waals surface area contributed by atoms with Gasteiger partial charge in [-0.25, -0.2) is 0 Å². The Kier molecular flexibility index (Phi) is 9.56. The van der Waals surface area contributed by atoms with Crippen molar-refractivity contribution in [2.45, 2.75) is 52.4 Å². The Morgan fingerprint density at radius 1 is 1.37 bits per heavy atom. The van der Waals surface area contributed by atoms with Crippen LogP contribution < -0.4 is 11.1 Å². The molecule has 1 aromatic carbocycles. The van der Waals surface area contributed by atoms with E-state index in [9.17, 15) is 4.79 Å². The number of halogens is 1. The lowest BCUT2D eigenvalue weighted by Crippen LogP contribution is -2.47. The van der Waals surface area contributed by atoms with Crippen molar-refractivity contribution < 1.29 is 4.79 Å². The predicted octanol–water partition coefficient (Wildman–Crippen LogP) is 3.44. The predicted molar refractivity (Wildman–Crippen MR) is 124 cm³/mol. The van der Waals surface area contributed by atoms with Gasteiger partial charge in [0, 0.05) is 31.5 Å². The number of nitrogens with zero attached hydrogens (tertiary/aromatic N) is 2. The first-order valence-electron chi connectivity index (χ1n) is 9.71. The third kappa shape index (κ3) is 6.97. The molecule has 1 heterocycles. The van der Waals surface area contributed by atoms with Gasteiger partial charge in [-0.3, -0.25) is 9.79 Å². The fourth-order valence-electron chi connectivity index (χ4n) is 3.82. The molecule has 1 aliphatic heterocycles. The fraction of sp³-hybridized carbons (Fsp3) is 0.619. The lowest BCUT2D eigenvalue weighted by atomic mass is 9.82. The molecule has 0 bridgehead atoms. The zero-order valence-corrected chi connectivity index (χ0v) is 19.5. The number of rotatable bonds is 6. The Morgan fingerprint density at radius 3 is 2.70 bits per heavy atom. The van der Waals surface area contributed by atoms with Crippen LogP contribution in [0.5, 0.6) is 0 Å². The van der Waals surface area contributed by atoms with E-state index in [0.717, 1.165) is 45.0 Å². The standard InChI is InChI=1S/C21H34N4O.HI/c1-5-23-20(25-12-8-10-17(14-25)13-19(22)26)24-15-21(3,4)18-11-7-6-9-16(18)2;/h6-7,9,11,17H,5,8,10,12-15H2,1-4H3,(H2,22,26)(H,23,24);1H. The average Bonchev–Trinajstić information content (AvgIpc) is 2.58. The van der Waals surface area contributed by atoms with Crippen LogP contribution in [-0.4, -0.2) is 42.9 Å². The highest BCUT2D eigenvalue weighted by Gasteiger charge is 2.26.